The van der Waals surface area contributed by atoms with E-state index in [1.807, 2.05) is 25.5 Å². The normalized spacial score (nSPS) is 11.1. The van der Waals surface area contributed by atoms with E-state index in [2.05, 4.69) is 31.3 Å². The number of fused-ring (bicyclic) bond motifs is 1. The summed E-state index contributed by atoms with van der Waals surface area (Å²) in [6.07, 6.45) is 8.08. The minimum absolute atomic E-state index is 0.00117. The molecule has 0 radical (unpaired) electrons. The van der Waals surface area contributed by atoms with Gasteiger partial charge in [-0.05, 0) is 35.7 Å². The number of halogens is 1. The summed E-state index contributed by atoms with van der Waals surface area (Å²) in [5, 5.41) is 5.14. The number of thiazole rings is 1. The zero-order chi connectivity index (χ0) is 18.8. The van der Waals surface area contributed by atoms with E-state index in [1.54, 1.807) is 17.5 Å². The summed E-state index contributed by atoms with van der Waals surface area (Å²) in [4.78, 5) is 17.1. The van der Waals surface area contributed by atoms with Crippen LogP contribution < -0.4 is 10.1 Å². The Morgan fingerprint density at radius 3 is 2.89 bits per heavy atom. The standard InChI is InChI=1S/C19H18FN5OS/c1-11-3-15-13(9-22-17(15)21-6-11)5-14-10-25-19(27-14)24-8-12-4-16(20)18(26-2)23-7-12/h3-4,6-7,9-10H,5,8H2,1-2H3,(H,21,22)(H,24,25). The van der Waals surface area contributed by atoms with E-state index in [1.165, 1.54) is 18.7 Å². The third kappa shape index (κ3) is 3.75. The zero-order valence-corrected chi connectivity index (χ0v) is 15.7. The van der Waals surface area contributed by atoms with E-state index in [9.17, 15) is 4.39 Å². The Bertz CT molecular complexity index is 1090. The van der Waals surface area contributed by atoms with E-state index in [0.29, 0.717) is 6.54 Å². The van der Waals surface area contributed by atoms with Crippen LogP contribution in [0, 0.1) is 12.7 Å². The summed E-state index contributed by atoms with van der Waals surface area (Å²) < 4.78 is 18.5. The molecule has 4 heterocycles. The lowest BCUT2D eigenvalue weighted by molar-refractivity contribution is 0.368. The Morgan fingerprint density at radius 1 is 1.19 bits per heavy atom. The van der Waals surface area contributed by atoms with Crippen molar-refractivity contribution in [1.29, 1.82) is 0 Å². The first-order valence-corrected chi connectivity index (χ1v) is 9.23. The third-order valence-corrected chi connectivity index (χ3v) is 5.13. The van der Waals surface area contributed by atoms with Gasteiger partial charge in [0.2, 0.25) is 5.88 Å². The molecule has 0 amide bonds. The molecular weight excluding hydrogens is 365 g/mol. The first kappa shape index (κ1) is 17.4. The quantitative estimate of drug-likeness (QED) is 0.525. The van der Waals surface area contributed by atoms with Crippen LogP contribution in [-0.4, -0.2) is 27.0 Å². The summed E-state index contributed by atoms with van der Waals surface area (Å²) in [5.41, 5.74) is 3.95. The van der Waals surface area contributed by atoms with Gasteiger partial charge >= 0.3 is 0 Å². The highest BCUT2D eigenvalue weighted by Crippen LogP contribution is 2.25. The Balaban J connectivity index is 1.44. The smallest absolute Gasteiger partial charge is 0.250 e. The van der Waals surface area contributed by atoms with Gasteiger partial charge in [0, 0.05) is 48.0 Å². The molecule has 0 saturated carbocycles. The van der Waals surface area contributed by atoms with Crippen molar-refractivity contribution in [3.63, 3.8) is 0 Å². The number of nitrogens with one attached hydrogen (secondary N) is 2. The number of hydrogen-bond donors (Lipinski definition) is 2. The number of pyridine rings is 2. The van der Waals surface area contributed by atoms with Gasteiger partial charge in [-0.25, -0.2) is 19.3 Å². The number of nitrogens with zero attached hydrogens (tertiary/aromatic N) is 3. The number of hydrogen-bond acceptors (Lipinski definition) is 6. The number of ether oxygens (including phenoxy) is 1. The molecule has 0 fully saturated rings. The summed E-state index contributed by atoms with van der Waals surface area (Å²) >= 11 is 1.58. The van der Waals surface area contributed by atoms with E-state index < -0.39 is 5.82 Å². The lowest BCUT2D eigenvalue weighted by atomic mass is 10.1. The fraction of sp³-hybridized carbons (Fsp3) is 0.211. The molecular formula is C19H18FN5OS. The van der Waals surface area contributed by atoms with Crippen molar-refractivity contribution < 1.29 is 9.13 Å². The van der Waals surface area contributed by atoms with Crippen LogP contribution in [0.1, 0.15) is 21.6 Å². The summed E-state index contributed by atoms with van der Waals surface area (Å²) in [7, 11) is 1.39. The predicted octanol–water partition coefficient (Wildman–Crippen LogP) is 4.07. The predicted molar refractivity (Wildman–Crippen MR) is 104 cm³/mol. The Morgan fingerprint density at radius 2 is 2.07 bits per heavy atom. The SMILES string of the molecule is COc1ncc(CNc2ncc(Cc3c[nH]c4ncc(C)cc34)s2)cc1F. The maximum atomic E-state index is 13.7. The fourth-order valence-electron chi connectivity index (χ4n) is 2.86. The Hall–Kier alpha value is -3.00. The molecule has 138 valence electrons. The van der Waals surface area contributed by atoms with Gasteiger partial charge < -0.3 is 15.0 Å². The second kappa shape index (κ2) is 7.32. The molecule has 0 unspecified atom stereocenters. The first-order valence-electron chi connectivity index (χ1n) is 8.42. The van der Waals surface area contributed by atoms with Crippen molar-refractivity contribution in [3.8, 4) is 5.88 Å². The van der Waals surface area contributed by atoms with Crippen LogP contribution >= 0.6 is 11.3 Å². The summed E-state index contributed by atoms with van der Waals surface area (Å²) in [5.74, 6) is -0.474. The van der Waals surface area contributed by atoms with Crippen molar-refractivity contribution in [1.82, 2.24) is 19.9 Å². The van der Waals surface area contributed by atoms with Gasteiger partial charge in [-0.2, -0.15) is 0 Å². The maximum Gasteiger partial charge on any atom is 0.250 e. The highest BCUT2D eigenvalue weighted by atomic mass is 32.1. The second-order valence-corrected chi connectivity index (χ2v) is 7.33. The van der Waals surface area contributed by atoms with Crippen molar-refractivity contribution in [2.45, 2.75) is 19.9 Å². The van der Waals surface area contributed by atoms with Gasteiger partial charge in [0.25, 0.3) is 0 Å². The lowest BCUT2D eigenvalue weighted by Gasteiger charge is -2.05. The molecule has 4 aromatic heterocycles. The van der Waals surface area contributed by atoms with Gasteiger partial charge in [-0.15, -0.1) is 11.3 Å². The molecule has 4 rings (SSSR count). The minimum atomic E-state index is -0.472. The molecule has 0 atom stereocenters. The average molecular weight is 383 g/mol. The van der Waals surface area contributed by atoms with Crippen LogP contribution in [0.15, 0.2) is 36.9 Å². The molecule has 4 aromatic rings. The monoisotopic (exact) mass is 383 g/mol. The molecule has 0 bridgehead atoms. The van der Waals surface area contributed by atoms with Crippen molar-refractivity contribution in [2.24, 2.45) is 0 Å². The van der Waals surface area contributed by atoms with Crippen LogP contribution in [0.4, 0.5) is 9.52 Å². The van der Waals surface area contributed by atoms with Crippen LogP contribution in [0.25, 0.3) is 11.0 Å². The van der Waals surface area contributed by atoms with E-state index >= 15 is 0 Å². The lowest BCUT2D eigenvalue weighted by Crippen LogP contribution is -2.01. The number of methoxy groups -OCH3 is 1. The van der Waals surface area contributed by atoms with Gasteiger partial charge in [-0.3, -0.25) is 0 Å². The van der Waals surface area contributed by atoms with Crippen LogP contribution in [0.2, 0.25) is 0 Å². The van der Waals surface area contributed by atoms with E-state index in [-0.39, 0.29) is 5.88 Å². The topological polar surface area (TPSA) is 75.7 Å². The number of aryl methyl sites for hydroxylation is 1. The summed E-state index contributed by atoms with van der Waals surface area (Å²) in [6.45, 7) is 2.48. The minimum Gasteiger partial charge on any atom is -0.479 e. The zero-order valence-electron chi connectivity index (χ0n) is 14.9. The van der Waals surface area contributed by atoms with Crippen molar-refractivity contribution in [3.05, 3.63) is 64.3 Å². The Kier molecular flexibility index (Phi) is 4.72. The van der Waals surface area contributed by atoms with Crippen LogP contribution in [0.5, 0.6) is 5.88 Å². The maximum absolute atomic E-state index is 13.7. The highest BCUT2D eigenvalue weighted by molar-refractivity contribution is 7.15. The van der Waals surface area contributed by atoms with Gasteiger partial charge in [-0.1, -0.05) is 0 Å². The number of H-pyrrole nitrogens is 1. The van der Waals surface area contributed by atoms with Gasteiger partial charge in [0.1, 0.15) is 5.65 Å². The van der Waals surface area contributed by atoms with Gasteiger partial charge in [0.15, 0.2) is 10.9 Å². The highest BCUT2D eigenvalue weighted by Gasteiger charge is 2.10. The van der Waals surface area contributed by atoms with Crippen LogP contribution in [0.3, 0.4) is 0 Å². The molecule has 0 aliphatic carbocycles. The fourth-order valence-corrected chi connectivity index (χ4v) is 3.69. The molecule has 0 saturated heterocycles. The van der Waals surface area contributed by atoms with Crippen molar-refractivity contribution >= 4 is 27.5 Å². The third-order valence-electron chi connectivity index (χ3n) is 4.17. The largest absolute Gasteiger partial charge is 0.479 e. The number of rotatable bonds is 6. The van der Waals surface area contributed by atoms with Crippen molar-refractivity contribution in [2.75, 3.05) is 12.4 Å². The molecule has 0 aliphatic rings. The van der Waals surface area contributed by atoms with E-state index in [0.717, 1.165) is 38.6 Å². The van der Waals surface area contributed by atoms with Gasteiger partial charge in [0.05, 0.1) is 7.11 Å². The molecule has 2 N–H and O–H groups in total. The first-order chi connectivity index (χ1) is 13.1. The average Bonchev–Trinajstić information content (AvgIpc) is 3.27. The molecule has 0 aromatic carbocycles. The number of anilines is 1. The number of aromatic nitrogens is 4. The van der Waals surface area contributed by atoms with Crippen LogP contribution in [-0.2, 0) is 13.0 Å². The molecule has 6 nitrogen and oxygen atoms in total. The second-order valence-electron chi connectivity index (χ2n) is 6.22. The molecule has 27 heavy (non-hydrogen) atoms. The number of aromatic amines is 1. The molecule has 0 aliphatic heterocycles. The summed E-state index contributed by atoms with van der Waals surface area (Å²) in [6, 6.07) is 3.55. The Labute approximate surface area is 159 Å². The molecule has 0 spiro atoms. The molecule has 8 heteroatoms. The van der Waals surface area contributed by atoms with E-state index in [4.69, 9.17) is 4.74 Å².